The molecule has 2 aromatic carbocycles. The van der Waals surface area contributed by atoms with Crippen molar-refractivity contribution in [2.75, 3.05) is 6.54 Å². The average molecular weight is 368 g/mol. The predicted octanol–water partition coefficient (Wildman–Crippen LogP) is 3.86. The molecule has 4 nitrogen and oxygen atoms in total. The molecule has 0 spiro atoms. The van der Waals surface area contributed by atoms with E-state index in [4.69, 9.17) is 0 Å². The summed E-state index contributed by atoms with van der Waals surface area (Å²) in [6.07, 6.45) is 6.07. The largest absolute Gasteiger partial charge is 0.352 e. The minimum absolute atomic E-state index is 0.0894. The minimum Gasteiger partial charge on any atom is -0.352 e. The van der Waals surface area contributed by atoms with Crippen LogP contribution in [0.1, 0.15) is 58.4 Å². The molecule has 27 heavy (non-hydrogen) atoms. The highest BCUT2D eigenvalue weighted by atomic mass is 19.1. The molecule has 5 heteroatoms. The van der Waals surface area contributed by atoms with Crippen LogP contribution in [0.4, 0.5) is 4.39 Å². The van der Waals surface area contributed by atoms with Crippen LogP contribution in [0, 0.1) is 5.82 Å². The molecule has 1 aliphatic rings. The van der Waals surface area contributed by atoms with Gasteiger partial charge in [0, 0.05) is 23.7 Å². The molecule has 0 unspecified atom stereocenters. The molecular weight excluding hydrogens is 343 g/mol. The van der Waals surface area contributed by atoms with Crippen LogP contribution in [0.5, 0.6) is 0 Å². The summed E-state index contributed by atoms with van der Waals surface area (Å²) in [5.74, 6) is -0.584. The molecule has 0 heterocycles. The van der Waals surface area contributed by atoms with Crippen LogP contribution in [-0.4, -0.2) is 24.4 Å². The molecule has 1 saturated carbocycles. The molecule has 0 aliphatic heterocycles. The lowest BCUT2D eigenvalue weighted by Crippen LogP contribution is -2.36. The zero-order valence-electron chi connectivity index (χ0n) is 15.3. The second kappa shape index (κ2) is 9.31. The third-order valence-corrected chi connectivity index (χ3v) is 4.99. The maximum absolute atomic E-state index is 13.6. The van der Waals surface area contributed by atoms with E-state index in [0.29, 0.717) is 29.7 Å². The van der Waals surface area contributed by atoms with E-state index in [2.05, 4.69) is 10.6 Å². The Kier molecular flexibility index (Phi) is 6.58. The quantitative estimate of drug-likeness (QED) is 0.813. The number of halogens is 1. The Morgan fingerprint density at radius 3 is 2.19 bits per heavy atom. The van der Waals surface area contributed by atoms with E-state index < -0.39 is 0 Å². The van der Waals surface area contributed by atoms with Crippen molar-refractivity contribution in [1.29, 1.82) is 0 Å². The van der Waals surface area contributed by atoms with Gasteiger partial charge in [0.05, 0.1) is 0 Å². The molecule has 1 aliphatic carbocycles. The topological polar surface area (TPSA) is 58.2 Å². The van der Waals surface area contributed by atoms with Gasteiger partial charge in [-0.3, -0.25) is 9.59 Å². The van der Waals surface area contributed by atoms with E-state index >= 15 is 0 Å². The highest BCUT2D eigenvalue weighted by Gasteiger charge is 2.17. The van der Waals surface area contributed by atoms with E-state index in [0.717, 1.165) is 25.7 Å². The SMILES string of the molecule is O=C(NCCc1ccccc1F)c1ccc(C(=O)NC2CCCCC2)cc1. The zero-order valence-corrected chi connectivity index (χ0v) is 15.3. The van der Waals surface area contributed by atoms with Crippen LogP contribution in [0.2, 0.25) is 0 Å². The lowest BCUT2D eigenvalue weighted by atomic mass is 9.95. The van der Waals surface area contributed by atoms with E-state index in [9.17, 15) is 14.0 Å². The first-order valence-electron chi connectivity index (χ1n) is 9.56. The fourth-order valence-electron chi connectivity index (χ4n) is 3.40. The van der Waals surface area contributed by atoms with Crippen LogP contribution in [-0.2, 0) is 6.42 Å². The number of rotatable bonds is 6. The number of amides is 2. The van der Waals surface area contributed by atoms with Gasteiger partial charge in [-0.15, -0.1) is 0 Å². The van der Waals surface area contributed by atoms with Crippen molar-refractivity contribution in [1.82, 2.24) is 10.6 Å². The summed E-state index contributed by atoms with van der Waals surface area (Å²) in [6, 6.07) is 13.4. The Morgan fingerprint density at radius 1 is 0.889 bits per heavy atom. The number of carbonyl (C=O) groups excluding carboxylic acids is 2. The smallest absolute Gasteiger partial charge is 0.251 e. The van der Waals surface area contributed by atoms with E-state index in [1.165, 1.54) is 12.5 Å². The summed E-state index contributed by atoms with van der Waals surface area (Å²) in [6.45, 7) is 0.351. The Hall–Kier alpha value is -2.69. The van der Waals surface area contributed by atoms with Crippen molar-refractivity contribution in [3.05, 3.63) is 71.0 Å². The maximum atomic E-state index is 13.6. The summed E-state index contributed by atoms with van der Waals surface area (Å²) in [7, 11) is 0. The summed E-state index contributed by atoms with van der Waals surface area (Å²) < 4.78 is 13.6. The lowest BCUT2D eigenvalue weighted by Gasteiger charge is -2.22. The second-order valence-corrected chi connectivity index (χ2v) is 6.98. The normalized spacial score (nSPS) is 14.6. The van der Waals surface area contributed by atoms with E-state index in [-0.39, 0.29) is 23.7 Å². The lowest BCUT2D eigenvalue weighted by molar-refractivity contribution is 0.0923. The van der Waals surface area contributed by atoms with Gasteiger partial charge in [0.1, 0.15) is 5.82 Å². The van der Waals surface area contributed by atoms with Gasteiger partial charge < -0.3 is 10.6 Å². The van der Waals surface area contributed by atoms with Crippen molar-refractivity contribution >= 4 is 11.8 Å². The summed E-state index contributed by atoms with van der Waals surface area (Å²) in [5.41, 5.74) is 1.62. The fourth-order valence-corrected chi connectivity index (χ4v) is 3.40. The highest BCUT2D eigenvalue weighted by molar-refractivity contribution is 5.97. The first-order chi connectivity index (χ1) is 13.1. The van der Waals surface area contributed by atoms with Crippen LogP contribution < -0.4 is 10.6 Å². The molecule has 0 saturated heterocycles. The van der Waals surface area contributed by atoms with Crippen molar-refractivity contribution in [2.24, 2.45) is 0 Å². The molecule has 142 valence electrons. The molecule has 2 N–H and O–H groups in total. The van der Waals surface area contributed by atoms with Crippen LogP contribution in [0.15, 0.2) is 48.5 Å². The van der Waals surface area contributed by atoms with Crippen molar-refractivity contribution < 1.29 is 14.0 Å². The molecule has 3 rings (SSSR count). The standard InChI is InChI=1S/C22H25FN2O2/c23-20-9-5-4-6-16(20)14-15-24-21(26)17-10-12-18(13-11-17)22(27)25-19-7-2-1-3-8-19/h4-6,9-13,19H,1-3,7-8,14-15H2,(H,24,26)(H,25,27). The molecule has 0 aromatic heterocycles. The molecule has 0 atom stereocenters. The van der Waals surface area contributed by atoms with Crippen molar-refractivity contribution in [2.45, 2.75) is 44.6 Å². The fraction of sp³-hybridized carbons (Fsp3) is 0.364. The molecule has 0 bridgehead atoms. The third kappa shape index (κ3) is 5.39. The van der Waals surface area contributed by atoms with Gasteiger partial charge in [0.2, 0.25) is 0 Å². The molecular formula is C22H25FN2O2. The predicted molar refractivity (Wildman–Crippen MR) is 103 cm³/mol. The second-order valence-electron chi connectivity index (χ2n) is 6.98. The first kappa shape index (κ1) is 19.1. The van der Waals surface area contributed by atoms with Gasteiger partial charge >= 0.3 is 0 Å². The van der Waals surface area contributed by atoms with Gasteiger partial charge in [0.25, 0.3) is 11.8 Å². The molecule has 2 aromatic rings. The number of nitrogens with one attached hydrogen (secondary N) is 2. The van der Waals surface area contributed by atoms with E-state index in [1.54, 1.807) is 42.5 Å². The van der Waals surface area contributed by atoms with Gasteiger partial charge in [0.15, 0.2) is 0 Å². The Balaban J connectivity index is 1.49. The summed E-state index contributed by atoms with van der Waals surface area (Å²) >= 11 is 0. The average Bonchev–Trinajstić information content (AvgIpc) is 2.70. The Morgan fingerprint density at radius 2 is 1.52 bits per heavy atom. The maximum Gasteiger partial charge on any atom is 0.251 e. The number of hydrogen-bond acceptors (Lipinski definition) is 2. The highest BCUT2D eigenvalue weighted by Crippen LogP contribution is 2.18. The van der Waals surface area contributed by atoms with Gasteiger partial charge in [-0.2, -0.15) is 0 Å². The molecule has 2 amide bonds. The zero-order chi connectivity index (χ0) is 19.1. The summed E-state index contributed by atoms with van der Waals surface area (Å²) in [5, 5.41) is 5.85. The molecule has 0 radical (unpaired) electrons. The van der Waals surface area contributed by atoms with Gasteiger partial charge in [-0.1, -0.05) is 37.5 Å². The van der Waals surface area contributed by atoms with Crippen LogP contribution >= 0.6 is 0 Å². The molecule has 1 fully saturated rings. The monoisotopic (exact) mass is 368 g/mol. The third-order valence-electron chi connectivity index (χ3n) is 4.99. The van der Waals surface area contributed by atoms with Gasteiger partial charge in [-0.25, -0.2) is 4.39 Å². The van der Waals surface area contributed by atoms with Crippen LogP contribution in [0.25, 0.3) is 0 Å². The Labute approximate surface area is 159 Å². The number of benzene rings is 2. The van der Waals surface area contributed by atoms with Gasteiger partial charge in [-0.05, 0) is 55.2 Å². The van der Waals surface area contributed by atoms with Crippen LogP contribution in [0.3, 0.4) is 0 Å². The van der Waals surface area contributed by atoms with Crippen molar-refractivity contribution in [3.8, 4) is 0 Å². The number of hydrogen-bond donors (Lipinski definition) is 2. The first-order valence-corrected chi connectivity index (χ1v) is 9.56. The summed E-state index contributed by atoms with van der Waals surface area (Å²) in [4.78, 5) is 24.5. The van der Waals surface area contributed by atoms with Crippen molar-refractivity contribution in [3.63, 3.8) is 0 Å². The Bertz CT molecular complexity index is 783. The van der Waals surface area contributed by atoms with E-state index in [1.807, 2.05) is 0 Å². The number of carbonyl (C=O) groups is 2. The minimum atomic E-state index is -0.264.